The molecule has 0 saturated carbocycles. The standard InChI is InChI=1S/C17H19ClN4OS/c18-14-9-19-11-20-16(14)21-5-1-12(2-6-21)17(23)22-7-3-15-13(10-22)4-8-24-15/h4,8-9,11-12H,1-3,5-7,10H2. The lowest BCUT2D eigenvalue weighted by Gasteiger charge is -2.36. The zero-order valence-electron chi connectivity index (χ0n) is 13.3. The lowest BCUT2D eigenvalue weighted by Crippen LogP contribution is -2.44. The number of piperidine rings is 1. The summed E-state index contributed by atoms with van der Waals surface area (Å²) in [6.07, 6.45) is 5.84. The molecule has 5 nitrogen and oxygen atoms in total. The molecule has 0 bridgehead atoms. The van der Waals surface area contributed by atoms with E-state index < -0.39 is 0 Å². The van der Waals surface area contributed by atoms with Gasteiger partial charge in [-0.2, -0.15) is 0 Å². The fraction of sp³-hybridized carbons (Fsp3) is 0.471. The van der Waals surface area contributed by atoms with E-state index in [1.54, 1.807) is 17.5 Å². The molecule has 2 aromatic rings. The molecule has 0 aliphatic carbocycles. The molecule has 2 aliphatic heterocycles. The highest BCUT2D eigenvalue weighted by Crippen LogP contribution is 2.30. The van der Waals surface area contributed by atoms with Crippen LogP contribution in [0, 0.1) is 5.92 Å². The summed E-state index contributed by atoms with van der Waals surface area (Å²) in [5, 5.41) is 2.70. The summed E-state index contributed by atoms with van der Waals surface area (Å²) >= 11 is 7.98. The zero-order chi connectivity index (χ0) is 16.5. The Bertz CT molecular complexity index is 742. The maximum absolute atomic E-state index is 12.9. The lowest BCUT2D eigenvalue weighted by molar-refractivity contribution is -0.137. The van der Waals surface area contributed by atoms with Gasteiger partial charge in [0.15, 0.2) is 5.82 Å². The van der Waals surface area contributed by atoms with E-state index in [2.05, 4.69) is 26.3 Å². The van der Waals surface area contributed by atoms with Gasteiger partial charge in [0.05, 0.1) is 6.20 Å². The Morgan fingerprint density at radius 2 is 2.12 bits per heavy atom. The Morgan fingerprint density at radius 1 is 1.29 bits per heavy atom. The number of anilines is 1. The number of hydrogen-bond donors (Lipinski definition) is 0. The van der Waals surface area contributed by atoms with Crippen LogP contribution in [0.4, 0.5) is 5.82 Å². The third kappa shape index (κ3) is 3.00. The van der Waals surface area contributed by atoms with E-state index in [1.165, 1.54) is 16.8 Å². The normalized spacial score (nSPS) is 18.5. The van der Waals surface area contributed by atoms with Crippen molar-refractivity contribution in [1.82, 2.24) is 14.9 Å². The van der Waals surface area contributed by atoms with E-state index in [0.717, 1.165) is 51.3 Å². The smallest absolute Gasteiger partial charge is 0.226 e. The van der Waals surface area contributed by atoms with Crippen LogP contribution in [0.5, 0.6) is 0 Å². The van der Waals surface area contributed by atoms with Crippen LogP contribution in [-0.2, 0) is 17.8 Å². The van der Waals surface area contributed by atoms with E-state index in [-0.39, 0.29) is 5.92 Å². The van der Waals surface area contributed by atoms with Crippen molar-refractivity contribution in [1.29, 1.82) is 0 Å². The van der Waals surface area contributed by atoms with Gasteiger partial charge < -0.3 is 9.80 Å². The van der Waals surface area contributed by atoms with Crippen LogP contribution in [0.25, 0.3) is 0 Å². The number of halogens is 1. The van der Waals surface area contributed by atoms with Gasteiger partial charge in [0, 0.05) is 37.0 Å². The predicted octanol–water partition coefficient (Wildman–Crippen LogP) is 2.99. The van der Waals surface area contributed by atoms with Crippen LogP contribution in [-0.4, -0.2) is 40.4 Å². The second-order valence-corrected chi connectivity index (χ2v) is 7.74. The first-order chi connectivity index (χ1) is 11.7. The fourth-order valence-corrected chi connectivity index (χ4v) is 4.69. The van der Waals surface area contributed by atoms with Crippen LogP contribution in [0.3, 0.4) is 0 Å². The van der Waals surface area contributed by atoms with Crippen LogP contribution < -0.4 is 4.90 Å². The highest BCUT2D eigenvalue weighted by molar-refractivity contribution is 7.10. The topological polar surface area (TPSA) is 49.3 Å². The molecule has 7 heteroatoms. The maximum Gasteiger partial charge on any atom is 0.226 e. The summed E-state index contributed by atoms with van der Waals surface area (Å²) in [4.78, 5) is 26.7. The average Bonchev–Trinajstić information content (AvgIpc) is 3.09. The quantitative estimate of drug-likeness (QED) is 0.824. The first kappa shape index (κ1) is 15.8. The summed E-state index contributed by atoms with van der Waals surface area (Å²) in [5.74, 6) is 1.20. The van der Waals surface area contributed by atoms with Gasteiger partial charge in [-0.3, -0.25) is 4.79 Å². The Morgan fingerprint density at radius 3 is 2.92 bits per heavy atom. The van der Waals surface area contributed by atoms with Gasteiger partial charge in [-0.25, -0.2) is 9.97 Å². The Labute approximate surface area is 150 Å². The van der Waals surface area contributed by atoms with Crippen molar-refractivity contribution in [2.45, 2.75) is 25.8 Å². The van der Waals surface area contributed by atoms with Crippen molar-refractivity contribution in [3.8, 4) is 0 Å². The van der Waals surface area contributed by atoms with Gasteiger partial charge in [0.1, 0.15) is 11.3 Å². The monoisotopic (exact) mass is 362 g/mol. The molecule has 4 heterocycles. The van der Waals surface area contributed by atoms with Crippen LogP contribution >= 0.6 is 22.9 Å². The second-order valence-electron chi connectivity index (χ2n) is 6.33. The number of nitrogens with zero attached hydrogens (tertiary/aromatic N) is 4. The van der Waals surface area contributed by atoms with E-state index in [9.17, 15) is 4.79 Å². The van der Waals surface area contributed by atoms with E-state index in [0.29, 0.717) is 10.9 Å². The summed E-state index contributed by atoms with van der Waals surface area (Å²) < 4.78 is 0. The van der Waals surface area contributed by atoms with E-state index >= 15 is 0 Å². The maximum atomic E-state index is 12.9. The average molecular weight is 363 g/mol. The summed E-state index contributed by atoms with van der Waals surface area (Å²) in [5.41, 5.74) is 1.32. The third-order valence-electron chi connectivity index (χ3n) is 4.91. The molecule has 1 fully saturated rings. The van der Waals surface area contributed by atoms with Crippen molar-refractivity contribution in [3.05, 3.63) is 39.4 Å². The Kier molecular flexibility index (Phi) is 4.41. The molecule has 2 aromatic heterocycles. The summed E-state index contributed by atoms with van der Waals surface area (Å²) in [6, 6.07) is 2.15. The number of rotatable bonds is 2. The van der Waals surface area contributed by atoms with Gasteiger partial charge >= 0.3 is 0 Å². The largest absolute Gasteiger partial charge is 0.355 e. The first-order valence-electron chi connectivity index (χ1n) is 8.27. The zero-order valence-corrected chi connectivity index (χ0v) is 14.9. The predicted molar refractivity (Wildman–Crippen MR) is 95.4 cm³/mol. The molecule has 4 rings (SSSR count). The van der Waals surface area contributed by atoms with E-state index in [4.69, 9.17) is 11.6 Å². The molecule has 1 saturated heterocycles. The van der Waals surface area contributed by atoms with Crippen molar-refractivity contribution < 1.29 is 4.79 Å². The summed E-state index contributed by atoms with van der Waals surface area (Å²) in [6.45, 7) is 3.25. The van der Waals surface area contributed by atoms with Crippen LogP contribution in [0.2, 0.25) is 5.02 Å². The molecule has 2 aliphatic rings. The molecule has 0 atom stereocenters. The number of hydrogen-bond acceptors (Lipinski definition) is 5. The molecule has 0 radical (unpaired) electrons. The molecule has 0 N–H and O–H groups in total. The minimum Gasteiger partial charge on any atom is -0.355 e. The molecule has 0 unspecified atom stereocenters. The highest BCUT2D eigenvalue weighted by atomic mass is 35.5. The van der Waals surface area contributed by atoms with Gasteiger partial charge in [-0.1, -0.05) is 11.6 Å². The Balaban J connectivity index is 1.38. The first-order valence-corrected chi connectivity index (χ1v) is 9.52. The van der Waals surface area contributed by atoms with E-state index in [1.807, 2.05) is 4.90 Å². The van der Waals surface area contributed by atoms with Gasteiger partial charge in [0.25, 0.3) is 0 Å². The number of fused-ring (bicyclic) bond motifs is 1. The number of carbonyl (C=O) groups is 1. The molecular weight excluding hydrogens is 344 g/mol. The van der Waals surface area contributed by atoms with Gasteiger partial charge in [-0.15, -0.1) is 11.3 Å². The van der Waals surface area contributed by atoms with Crippen molar-refractivity contribution in [2.24, 2.45) is 5.92 Å². The van der Waals surface area contributed by atoms with Crippen molar-refractivity contribution in [2.75, 3.05) is 24.5 Å². The van der Waals surface area contributed by atoms with Crippen molar-refractivity contribution >= 4 is 34.7 Å². The molecule has 126 valence electrons. The summed E-state index contributed by atoms with van der Waals surface area (Å²) in [7, 11) is 0. The van der Waals surface area contributed by atoms with Crippen LogP contribution in [0.1, 0.15) is 23.3 Å². The lowest BCUT2D eigenvalue weighted by atomic mass is 9.94. The minimum atomic E-state index is 0.113. The molecule has 24 heavy (non-hydrogen) atoms. The fourth-order valence-electron chi connectivity index (χ4n) is 3.57. The number of carbonyl (C=O) groups excluding carboxylic acids is 1. The molecule has 0 spiro atoms. The van der Waals surface area contributed by atoms with Crippen molar-refractivity contribution in [3.63, 3.8) is 0 Å². The van der Waals surface area contributed by atoms with Gasteiger partial charge in [-0.05, 0) is 36.3 Å². The molecular formula is C17H19ClN4OS. The SMILES string of the molecule is O=C(C1CCN(c2ncncc2Cl)CC1)N1CCc2sccc2C1. The molecule has 0 aromatic carbocycles. The highest BCUT2D eigenvalue weighted by Gasteiger charge is 2.31. The third-order valence-corrected chi connectivity index (χ3v) is 6.20. The molecule has 1 amide bonds. The van der Waals surface area contributed by atoms with Crippen LogP contribution in [0.15, 0.2) is 24.0 Å². The number of thiophene rings is 1. The van der Waals surface area contributed by atoms with Gasteiger partial charge in [0.2, 0.25) is 5.91 Å². The Hall–Kier alpha value is -1.66. The number of amides is 1. The minimum absolute atomic E-state index is 0.113. The second kappa shape index (κ2) is 6.69. The number of aromatic nitrogens is 2.